The Morgan fingerprint density at radius 3 is 2.14 bits per heavy atom. The molecular formula is C27H33N3O5S. The van der Waals surface area contributed by atoms with Crippen molar-refractivity contribution in [3.63, 3.8) is 0 Å². The molecule has 1 heterocycles. The molecule has 3 rings (SSSR count). The SMILES string of the molecule is CC(C)(C)NC(=O)OC(Cc1ccccc1)C(O)C(Cc1ccccc1)NC(=O)OCc1cncs1. The van der Waals surface area contributed by atoms with Crippen LogP contribution in [-0.2, 0) is 28.9 Å². The first-order valence-corrected chi connectivity index (χ1v) is 12.6. The third-order valence-electron chi connectivity index (χ3n) is 5.24. The van der Waals surface area contributed by atoms with Crippen LogP contribution in [0.4, 0.5) is 9.59 Å². The predicted molar refractivity (Wildman–Crippen MR) is 139 cm³/mol. The number of hydrogen-bond donors (Lipinski definition) is 3. The Balaban J connectivity index is 1.79. The molecule has 3 aromatic rings. The average Bonchev–Trinajstić information content (AvgIpc) is 3.35. The zero-order valence-electron chi connectivity index (χ0n) is 20.7. The zero-order chi connectivity index (χ0) is 26.0. The molecule has 3 atom stereocenters. The zero-order valence-corrected chi connectivity index (χ0v) is 21.5. The molecule has 0 aliphatic heterocycles. The smallest absolute Gasteiger partial charge is 0.407 e. The van der Waals surface area contributed by atoms with Gasteiger partial charge in [0.15, 0.2) is 0 Å². The number of carbonyl (C=O) groups is 2. The molecule has 0 fully saturated rings. The maximum atomic E-state index is 12.7. The quantitative estimate of drug-likeness (QED) is 0.370. The van der Waals surface area contributed by atoms with Gasteiger partial charge in [-0.15, -0.1) is 11.3 Å². The third kappa shape index (κ3) is 9.31. The number of aromatic nitrogens is 1. The Kier molecular flexibility index (Phi) is 9.84. The molecule has 0 saturated heterocycles. The van der Waals surface area contributed by atoms with E-state index in [-0.39, 0.29) is 13.0 Å². The van der Waals surface area contributed by atoms with Crippen molar-refractivity contribution in [3.8, 4) is 0 Å². The number of amides is 2. The Morgan fingerprint density at radius 1 is 0.972 bits per heavy atom. The molecule has 0 spiro atoms. The maximum Gasteiger partial charge on any atom is 0.407 e. The summed E-state index contributed by atoms with van der Waals surface area (Å²) in [6.45, 7) is 5.60. The van der Waals surface area contributed by atoms with Crippen LogP contribution in [-0.4, -0.2) is 46.1 Å². The van der Waals surface area contributed by atoms with Crippen LogP contribution in [0.1, 0.15) is 36.8 Å². The second-order valence-electron chi connectivity index (χ2n) is 9.48. The second-order valence-corrected chi connectivity index (χ2v) is 10.5. The lowest BCUT2D eigenvalue weighted by Gasteiger charge is -2.31. The first-order valence-electron chi connectivity index (χ1n) is 11.7. The molecular weight excluding hydrogens is 478 g/mol. The highest BCUT2D eigenvalue weighted by atomic mass is 32.1. The second kappa shape index (κ2) is 13.0. The topological polar surface area (TPSA) is 110 Å². The number of hydrogen-bond acceptors (Lipinski definition) is 7. The van der Waals surface area contributed by atoms with Gasteiger partial charge in [-0.05, 0) is 38.3 Å². The van der Waals surface area contributed by atoms with Crippen molar-refractivity contribution in [2.24, 2.45) is 0 Å². The van der Waals surface area contributed by atoms with Gasteiger partial charge in [-0.2, -0.15) is 0 Å². The molecule has 36 heavy (non-hydrogen) atoms. The Bertz CT molecular complexity index is 1070. The number of benzene rings is 2. The Labute approximate surface area is 215 Å². The lowest BCUT2D eigenvalue weighted by molar-refractivity contribution is -0.0174. The minimum atomic E-state index is -1.22. The predicted octanol–water partition coefficient (Wildman–Crippen LogP) is 4.48. The molecule has 0 bridgehead atoms. The molecule has 2 aromatic carbocycles. The van der Waals surface area contributed by atoms with Crippen molar-refractivity contribution >= 4 is 23.5 Å². The number of aliphatic hydroxyl groups is 1. The standard InChI is InChI=1S/C27H33N3O5S/c1-27(2,3)30-26(33)35-23(15-20-12-8-5-9-13-20)24(31)22(14-19-10-6-4-7-11-19)29-25(32)34-17-21-16-28-18-36-21/h4-13,16,18,22-24,31H,14-15,17H2,1-3H3,(H,29,32)(H,30,33). The van der Waals surface area contributed by atoms with Crippen molar-refractivity contribution in [1.82, 2.24) is 15.6 Å². The fourth-order valence-electron chi connectivity index (χ4n) is 3.58. The van der Waals surface area contributed by atoms with E-state index in [1.54, 1.807) is 11.7 Å². The van der Waals surface area contributed by atoms with Crippen molar-refractivity contribution in [2.45, 2.75) is 64.0 Å². The maximum absolute atomic E-state index is 12.7. The van der Waals surface area contributed by atoms with Crippen LogP contribution in [0.5, 0.6) is 0 Å². The summed E-state index contributed by atoms with van der Waals surface area (Å²) in [4.78, 5) is 30.1. The fourth-order valence-corrected chi connectivity index (χ4v) is 4.08. The molecule has 0 radical (unpaired) electrons. The number of ether oxygens (including phenoxy) is 2. The van der Waals surface area contributed by atoms with Gasteiger partial charge in [0.05, 0.1) is 16.4 Å². The van der Waals surface area contributed by atoms with E-state index < -0.39 is 36.0 Å². The van der Waals surface area contributed by atoms with Crippen molar-refractivity contribution < 1.29 is 24.2 Å². The van der Waals surface area contributed by atoms with Gasteiger partial charge in [0, 0.05) is 18.2 Å². The van der Waals surface area contributed by atoms with Crippen LogP contribution in [0, 0.1) is 0 Å². The summed E-state index contributed by atoms with van der Waals surface area (Å²) in [5, 5.41) is 17.0. The van der Waals surface area contributed by atoms with E-state index in [1.807, 2.05) is 81.4 Å². The normalized spacial score (nSPS) is 13.8. The third-order valence-corrected chi connectivity index (χ3v) is 5.99. The Morgan fingerprint density at radius 2 is 1.58 bits per heavy atom. The monoisotopic (exact) mass is 511 g/mol. The van der Waals surface area contributed by atoms with Crippen molar-refractivity contribution in [3.05, 3.63) is 88.4 Å². The number of carbonyl (C=O) groups excluding carboxylic acids is 2. The molecule has 0 aliphatic carbocycles. The summed E-state index contributed by atoms with van der Waals surface area (Å²) >= 11 is 1.38. The number of aliphatic hydroxyl groups excluding tert-OH is 1. The minimum absolute atomic E-state index is 0.0720. The van der Waals surface area contributed by atoms with Gasteiger partial charge in [-0.1, -0.05) is 60.7 Å². The van der Waals surface area contributed by atoms with Gasteiger partial charge in [0.2, 0.25) is 0 Å². The van der Waals surface area contributed by atoms with Crippen LogP contribution < -0.4 is 10.6 Å². The van der Waals surface area contributed by atoms with Crippen LogP contribution in [0.2, 0.25) is 0 Å². The number of nitrogens with one attached hydrogen (secondary N) is 2. The summed E-state index contributed by atoms with van der Waals surface area (Å²) in [6, 6.07) is 18.1. The minimum Gasteiger partial charge on any atom is -0.444 e. The van der Waals surface area contributed by atoms with Gasteiger partial charge >= 0.3 is 12.2 Å². The van der Waals surface area contributed by atoms with E-state index in [0.29, 0.717) is 6.42 Å². The molecule has 192 valence electrons. The number of rotatable bonds is 10. The van der Waals surface area contributed by atoms with Crippen LogP contribution in [0.3, 0.4) is 0 Å². The van der Waals surface area contributed by atoms with Gasteiger partial charge in [0.25, 0.3) is 0 Å². The molecule has 3 unspecified atom stereocenters. The van der Waals surface area contributed by atoms with E-state index >= 15 is 0 Å². The summed E-state index contributed by atoms with van der Waals surface area (Å²) in [5.74, 6) is 0. The van der Waals surface area contributed by atoms with E-state index in [2.05, 4.69) is 15.6 Å². The van der Waals surface area contributed by atoms with Gasteiger partial charge in [0.1, 0.15) is 18.8 Å². The van der Waals surface area contributed by atoms with Gasteiger partial charge < -0.3 is 25.2 Å². The summed E-state index contributed by atoms with van der Waals surface area (Å²) < 4.78 is 11.1. The van der Waals surface area contributed by atoms with E-state index in [1.165, 1.54) is 11.3 Å². The van der Waals surface area contributed by atoms with E-state index in [9.17, 15) is 14.7 Å². The van der Waals surface area contributed by atoms with Crippen molar-refractivity contribution in [1.29, 1.82) is 0 Å². The van der Waals surface area contributed by atoms with Crippen molar-refractivity contribution in [2.75, 3.05) is 0 Å². The van der Waals surface area contributed by atoms with Crippen LogP contribution in [0.15, 0.2) is 72.4 Å². The molecule has 8 nitrogen and oxygen atoms in total. The van der Waals surface area contributed by atoms with Crippen LogP contribution >= 0.6 is 11.3 Å². The highest BCUT2D eigenvalue weighted by molar-refractivity contribution is 7.09. The molecule has 0 aliphatic rings. The fraction of sp³-hybridized carbons (Fsp3) is 0.370. The molecule has 1 aromatic heterocycles. The number of alkyl carbamates (subject to hydrolysis) is 2. The Hall–Kier alpha value is -3.43. The molecule has 2 amide bonds. The average molecular weight is 512 g/mol. The number of nitrogens with zero attached hydrogens (tertiary/aromatic N) is 1. The highest BCUT2D eigenvalue weighted by Gasteiger charge is 2.33. The lowest BCUT2D eigenvalue weighted by atomic mass is 9.94. The largest absolute Gasteiger partial charge is 0.444 e. The highest BCUT2D eigenvalue weighted by Crippen LogP contribution is 2.17. The first kappa shape index (κ1) is 27.2. The van der Waals surface area contributed by atoms with Gasteiger partial charge in [-0.3, -0.25) is 4.98 Å². The van der Waals surface area contributed by atoms with Crippen LogP contribution in [0.25, 0.3) is 0 Å². The lowest BCUT2D eigenvalue weighted by Crippen LogP contribution is -2.53. The van der Waals surface area contributed by atoms with E-state index in [0.717, 1.165) is 16.0 Å². The first-order chi connectivity index (χ1) is 17.2. The molecule has 9 heteroatoms. The summed E-state index contributed by atoms with van der Waals surface area (Å²) in [7, 11) is 0. The number of thiazole rings is 1. The molecule has 3 N–H and O–H groups in total. The summed E-state index contributed by atoms with van der Waals surface area (Å²) in [6.07, 6.45) is -1.26. The summed E-state index contributed by atoms with van der Waals surface area (Å²) in [5.41, 5.74) is 2.94. The van der Waals surface area contributed by atoms with E-state index in [4.69, 9.17) is 9.47 Å². The van der Waals surface area contributed by atoms with Gasteiger partial charge in [-0.25, -0.2) is 9.59 Å². The molecule has 0 saturated carbocycles.